The quantitative estimate of drug-likeness (QED) is 0.497. The molecule has 1 saturated carbocycles. The lowest BCUT2D eigenvalue weighted by molar-refractivity contribution is -0.118. The van der Waals surface area contributed by atoms with Crippen LogP contribution in [-0.4, -0.2) is 10.9 Å². The van der Waals surface area contributed by atoms with Crippen molar-refractivity contribution in [2.24, 2.45) is 5.92 Å². The predicted octanol–water partition coefficient (Wildman–Crippen LogP) is 6.84. The summed E-state index contributed by atoms with van der Waals surface area (Å²) >= 11 is 12.3. The number of para-hydroxylation sites is 1. The Morgan fingerprint density at radius 1 is 1.04 bits per heavy atom. The number of rotatable bonds is 5. The van der Waals surface area contributed by atoms with Crippen molar-refractivity contribution in [3.63, 3.8) is 0 Å². The van der Waals surface area contributed by atoms with E-state index >= 15 is 0 Å². The molecule has 0 spiro atoms. The van der Waals surface area contributed by atoms with Gasteiger partial charge in [-0.1, -0.05) is 73.2 Å². The molecule has 4 rings (SSSR count). The lowest BCUT2D eigenvalue weighted by Gasteiger charge is -2.21. The van der Waals surface area contributed by atoms with E-state index < -0.39 is 0 Å². The third kappa shape index (κ3) is 4.31. The standard InChI is InChI=1S/C23H22Cl2N2O/c24-19-11-9-17(14-20(19)25)18(13-15-5-1-2-6-15)23(28)27-22-12-10-16-7-3-4-8-21(16)26-22/h3-4,7-12,14-15,18H,1-2,5-6,13H2,(H,26,27,28)/t18-/m1/s1. The van der Waals surface area contributed by atoms with E-state index in [-0.39, 0.29) is 11.8 Å². The molecule has 144 valence electrons. The Hall–Kier alpha value is -2.10. The summed E-state index contributed by atoms with van der Waals surface area (Å²) < 4.78 is 0. The van der Waals surface area contributed by atoms with Crippen LogP contribution in [0.2, 0.25) is 10.0 Å². The number of benzene rings is 2. The van der Waals surface area contributed by atoms with Gasteiger partial charge < -0.3 is 5.32 Å². The number of halogens is 2. The summed E-state index contributed by atoms with van der Waals surface area (Å²) in [5.41, 5.74) is 1.77. The van der Waals surface area contributed by atoms with E-state index in [1.165, 1.54) is 25.7 Å². The van der Waals surface area contributed by atoms with Crippen LogP contribution in [0.25, 0.3) is 10.9 Å². The molecule has 1 fully saturated rings. The molecular weight excluding hydrogens is 391 g/mol. The number of hydrogen-bond acceptors (Lipinski definition) is 2. The van der Waals surface area contributed by atoms with Gasteiger partial charge >= 0.3 is 0 Å². The number of nitrogens with one attached hydrogen (secondary N) is 1. The van der Waals surface area contributed by atoms with Gasteiger partial charge in [0.15, 0.2) is 0 Å². The van der Waals surface area contributed by atoms with E-state index in [1.54, 1.807) is 6.07 Å². The van der Waals surface area contributed by atoms with Gasteiger partial charge in [-0.2, -0.15) is 0 Å². The van der Waals surface area contributed by atoms with E-state index in [0.29, 0.717) is 21.8 Å². The van der Waals surface area contributed by atoms with Gasteiger partial charge in [-0.3, -0.25) is 4.79 Å². The fourth-order valence-electron chi connectivity index (χ4n) is 4.05. The summed E-state index contributed by atoms with van der Waals surface area (Å²) in [6.45, 7) is 0. The summed E-state index contributed by atoms with van der Waals surface area (Å²) in [6.07, 6.45) is 5.66. The maximum atomic E-state index is 13.2. The molecule has 2 aromatic carbocycles. The number of aromatic nitrogens is 1. The summed E-state index contributed by atoms with van der Waals surface area (Å²) in [6, 6.07) is 17.2. The molecule has 3 nitrogen and oxygen atoms in total. The zero-order valence-electron chi connectivity index (χ0n) is 15.5. The van der Waals surface area contributed by atoms with Gasteiger partial charge in [-0.05, 0) is 48.2 Å². The molecule has 1 aliphatic rings. The number of amides is 1. The smallest absolute Gasteiger partial charge is 0.233 e. The van der Waals surface area contributed by atoms with Gasteiger partial charge in [0, 0.05) is 5.39 Å². The van der Waals surface area contributed by atoms with Crippen LogP contribution >= 0.6 is 23.2 Å². The van der Waals surface area contributed by atoms with Crippen molar-refractivity contribution in [3.8, 4) is 0 Å². The maximum absolute atomic E-state index is 13.2. The highest BCUT2D eigenvalue weighted by Crippen LogP contribution is 2.36. The Balaban J connectivity index is 1.60. The zero-order valence-corrected chi connectivity index (χ0v) is 17.0. The number of hydrogen-bond donors (Lipinski definition) is 1. The topological polar surface area (TPSA) is 42.0 Å². The second kappa shape index (κ2) is 8.50. The molecule has 0 saturated heterocycles. The predicted molar refractivity (Wildman–Crippen MR) is 116 cm³/mol. The van der Waals surface area contributed by atoms with Gasteiger partial charge in [-0.15, -0.1) is 0 Å². The summed E-state index contributed by atoms with van der Waals surface area (Å²) in [5, 5.41) is 5.04. The lowest BCUT2D eigenvalue weighted by atomic mass is 9.87. The van der Waals surface area contributed by atoms with Crippen molar-refractivity contribution >= 4 is 45.8 Å². The molecule has 1 heterocycles. The molecule has 1 amide bonds. The van der Waals surface area contributed by atoms with Crippen LogP contribution in [0.1, 0.15) is 43.6 Å². The fraction of sp³-hybridized carbons (Fsp3) is 0.304. The molecule has 28 heavy (non-hydrogen) atoms. The Morgan fingerprint density at radius 3 is 2.61 bits per heavy atom. The van der Waals surface area contributed by atoms with E-state index in [0.717, 1.165) is 22.9 Å². The summed E-state index contributed by atoms with van der Waals surface area (Å²) in [4.78, 5) is 17.8. The first kappa shape index (κ1) is 19.2. The molecule has 5 heteroatoms. The van der Waals surface area contributed by atoms with Crippen LogP contribution in [0.3, 0.4) is 0 Å². The van der Waals surface area contributed by atoms with E-state index in [9.17, 15) is 4.79 Å². The monoisotopic (exact) mass is 412 g/mol. The molecule has 1 N–H and O–H groups in total. The van der Waals surface area contributed by atoms with Gasteiger partial charge in [0.05, 0.1) is 21.5 Å². The lowest BCUT2D eigenvalue weighted by Crippen LogP contribution is -2.23. The molecule has 3 aromatic rings. The van der Waals surface area contributed by atoms with E-state index in [4.69, 9.17) is 23.2 Å². The average molecular weight is 413 g/mol. The molecule has 1 aliphatic carbocycles. The van der Waals surface area contributed by atoms with Crippen LogP contribution in [0, 0.1) is 5.92 Å². The van der Waals surface area contributed by atoms with E-state index in [2.05, 4.69) is 10.3 Å². The largest absolute Gasteiger partial charge is 0.310 e. The number of fused-ring (bicyclic) bond motifs is 1. The second-order valence-corrected chi connectivity index (χ2v) is 8.31. The molecule has 1 aromatic heterocycles. The third-order valence-corrected chi connectivity index (χ3v) is 6.30. The Kier molecular flexibility index (Phi) is 5.84. The van der Waals surface area contributed by atoms with Gasteiger partial charge in [-0.25, -0.2) is 4.98 Å². The van der Waals surface area contributed by atoms with Crippen LogP contribution in [0.5, 0.6) is 0 Å². The minimum Gasteiger partial charge on any atom is -0.310 e. The zero-order chi connectivity index (χ0) is 19.5. The highest BCUT2D eigenvalue weighted by Gasteiger charge is 2.27. The van der Waals surface area contributed by atoms with Crippen molar-refractivity contribution in [2.75, 3.05) is 5.32 Å². The SMILES string of the molecule is O=C(Nc1ccc2ccccc2n1)[C@H](CC1CCCC1)c1ccc(Cl)c(Cl)c1. The van der Waals surface area contributed by atoms with Gasteiger partial charge in [0.2, 0.25) is 5.91 Å². The number of carbonyl (C=O) groups is 1. The number of anilines is 1. The van der Waals surface area contributed by atoms with Crippen molar-refractivity contribution in [1.29, 1.82) is 0 Å². The first-order valence-corrected chi connectivity index (χ1v) is 10.5. The molecule has 0 unspecified atom stereocenters. The molecule has 1 atom stereocenters. The number of nitrogens with zero attached hydrogens (tertiary/aromatic N) is 1. The van der Waals surface area contributed by atoms with Crippen LogP contribution < -0.4 is 5.32 Å². The van der Waals surface area contributed by atoms with Crippen LogP contribution in [-0.2, 0) is 4.79 Å². The molecular formula is C23H22Cl2N2O. The minimum atomic E-state index is -0.272. The van der Waals surface area contributed by atoms with Crippen molar-refractivity contribution in [2.45, 2.75) is 38.0 Å². The van der Waals surface area contributed by atoms with Crippen molar-refractivity contribution < 1.29 is 4.79 Å². The van der Waals surface area contributed by atoms with Crippen LogP contribution in [0.15, 0.2) is 54.6 Å². The number of pyridine rings is 1. The highest BCUT2D eigenvalue weighted by molar-refractivity contribution is 6.42. The Labute approximate surface area is 175 Å². The number of carbonyl (C=O) groups excluding carboxylic acids is 1. The highest BCUT2D eigenvalue weighted by atomic mass is 35.5. The Morgan fingerprint density at radius 2 is 1.82 bits per heavy atom. The normalized spacial score (nSPS) is 15.6. The molecule has 0 bridgehead atoms. The summed E-state index contributed by atoms with van der Waals surface area (Å²) in [7, 11) is 0. The van der Waals surface area contributed by atoms with Crippen molar-refractivity contribution in [3.05, 3.63) is 70.2 Å². The van der Waals surface area contributed by atoms with Gasteiger partial charge in [0.25, 0.3) is 0 Å². The van der Waals surface area contributed by atoms with Crippen LogP contribution in [0.4, 0.5) is 5.82 Å². The summed E-state index contributed by atoms with van der Waals surface area (Å²) in [5.74, 6) is 0.814. The third-order valence-electron chi connectivity index (χ3n) is 5.56. The first-order valence-electron chi connectivity index (χ1n) is 9.72. The molecule has 0 radical (unpaired) electrons. The van der Waals surface area contributed by atoms with Gasteiger partial charge in [0.1, 0.15) is 5.82 Å². The van der Waals surface area contributed by atoms with E-state index in [1.807, 2.05) is 48.5 Å². The van der Waals surface area contributed by atoms with Crippen molar-refractivity contribution in [1.82, 2.24) is 4.98 Å². The molecule has 0 aliphatic heterocycles. The minimum absolute atomic E-state index is 0.0481. The maximum Gasteiger partial charge on any atom is 0.233 e. The Bertz CT molecular complexity index is 999. The fourth-order valence-corrected chi connectivity index (χ4v) is 4.36. The second-order valence-electron chi connectivity index (χ2n) is 7.49. The average Bonchev–Trinajstić information content (AvgIpc) is 3.21. The first-order chi connectivity index (χ1) is 13.6.